The molecule has 0 saturated carbocycles. The first-order valence-corrected chi connectivity index (χ1v) is 15.7. The minimum atomic E-state index is 0.889. The van der Waals surface area contributed by atoms with E-state index >= 15 is 0 Å². The van der Waals surface area contributed by atoms with Crippen LogP contribution >= 0.6 is 0 Å². The minimum absolute atomic E-state index is 0.889. The van der Waals surface area contributed by atoms with Crippen LogP contribution in [-0.2, 0) is 0 Å². The third kappa shape index (κ3) is 4.43. The summed E-state index contributed by atoms with van der Waals surface area (Å²) < 4.78 is 6.21. The van der Waals surface area contributed by atoms with E-state index < -0.39 is 0 Å². The topological polar surface area (TPSA) is 16.4 Å². The molecule has 0 saturated heterocycles. The summed E-state index contributed by atoms with van der Waals surface area (Å²) >= 11 is 0. The predicted octanol–water partition coefficient (Wildman–Crippen LogP) is 12.7. The lowest BCUT2D eigenvalue weighted by molar-refractivity contribution is 0.669. The number of hydrogen-bond acceptors (Lipinski definition) is 2. The first-order valence-electron chi connectivity index (χ1n) is 15.7. The molecule has 1 heterocycles. The summed E-state index contributed by atoms with van der Waals surface area (Å²) in [6.07, 6.45) is 0. The Hall–Kier alpha value is -6.12. The summed E-state index contributed by atoms with van der Waals surface area (Å²) in [7, 11) is 0. The number of furan rings is 1. The van der Waals surface area contributed by atoms with Crippen molar-refractivity contribution in [2.24, 2.45) is 0 Å². The number of hydrogen-bond donors (Lipinski definition) is 0. The molecular formula is C44H29NO. The molecule has 1 aromatic heterocycles. The number of anilines is 3. The van der Waals surface area contributed by atoms with Gasteiger partial charge >= 0.3 is 0 Å². The Morgan fingerprint density at radius 2 is 1.04 bits per heavy atom. The molecule has 2 heteroatoms. The second-order valence-electron chi connectivity index (χ2n) is 11.8. The SMILES string of the molecule is c1ccc(-c2ccccc2N(c2ccc3c(-c4ccc5ccccc5c4)cccc3c2)c2ccc3oc4ccccc4c3c2)cc1. The van der Waals surface area contributed by atoms with E-state index in [9.17, 15) is 0 Å². The maximum absolute atomic E-state index is 6.21. The first-order chi connectivity index (χ1) is 22.8. The fraction of sp³-hybridized carbons (Fsp3) is 0. The summed E-state index contributed by atoms with van der Waals surface area (Å²) in [5, 5.41) is 7.15. The van der Waals surface area contributed by atoms with E-state index in [1.807, 2.05) is 12.1 Å². The van der Waals surface area contributed by atoms with E-state index in [0.29, 0.717) is 0 Å². The molecule has 0 atom stereocenters. The van der Waals surface area contributed by atoms with Gasteiger partial charge in [0.15, 0.2) is 0 Å². The van der Waals surface area contributed by atoms with Crippen LogP contribution in [0, 0.1) is 0 Å². The summed E-state index contributed by atoms with van der Waals surface area (Å²) in [5.74, 6) is 0. The quantitative estimate of drug-likeness (QED) is 0.199. The van der Waals surface area contributed by atoms with Gasteiger partial charge in [-0.25, -0.2) is 0 Å². The smallest absolute Gasteiger partial charge is 0.135 e. The van der Waals surface area contributed by atoms with Crippen molar-refractivity contribution in [1.29, 1.82) is 0 Å². The zero-order chi connectivity index (χ0) is 30.5. The van der Waals surface area contributed by atoms with E-state index in [-0.39, 0.29) is 0 Å². The lowest BCUT2D eigenvalue weighted by atomic mass is 9.95. The molecule has 216 valence electrons. The third-order valence-electron chi connectivity index (χ3n) is 9.03. The van der Waals surface area contributed by atoms with E-state index in [4.69, 9.17) is 4.42 Å². The standard InChI is InChI=1S/C44H29NO/c1-2-12-31(13-3-1)39-16-6-8-19-42(39)45(36-24-26-44-41(29-36)40-17-7-9-20-43(40)46-44)35-23-25-38-33(28-35)15-10-18-37(38)34-22-21-30-11-4-5-14-32(30)27-34/h1-29H. The molecule has 9 aromatic rings. The Bertz CT molecular complexity index is 2540. The van der Waals surface area contributed by atoms with E-state index in [1.165, 1.54) is 43.8 Å². The van der Waals surface area contributed by atoms with Gasteiger partial charge in [-0.2, -0.15) is 0 Å². The molecule has 0 aliphatic carbocycles. The molecule has 2 nitrogen and oxygen atoms in total. The van der Waals surface area contributed by atoms with E-state index in [0.717, 1.165) is 39.0 Å². The molecule has 0 spiro atoms. The Kier molecular flexibility index (Phi) is 6.17. The fourth-order valence-electron chi connectivity index (χ4n) is 6.83. The van der Waals surface area contributed by atoms with Gasteiger partial charge in [0.05, 0.1) is 5.69 Å². The van der Waals surface area contributed by atoms with Gasteiger partial charge in [0, 0.05) is 27.7 Å². The van der Waals surface area contributed by atoms with Crippen LogP contribution in [0.5, 0.6) is 0 Å². The summed E-state index contributed by atoms with van der Waals surface area (Å²) in [5.41, 5.74) is 9.88. The van der Waals surface area contributed by atoms with E-state index in [1.54, 1.807) is 0 Å². The van der Waals surface area contributed by atoms with Crippen LogP contribution in [0.2, 0.25) is 0 Å². The zero-order valence-electron chi connectivity index (χ0n) is 25.1. The molecule has 46 heavy (non-hydrogen) atoms. The molecule has 8 aromatic carbocycles. The van der Waals surface area contributed by atoms with Gasteiger partial charge in [-0.1, -0.05) is 127 Å². The lowest BCUT2D eigenvalue weighted by Crippen LogP contribution is -2.11. The van der Waals surface area contributed by atoms with Crippen molar-refractivity contribution in [3.05, 3.63) is 176 Å². The van der Waals surface area contributed by atoms with Gasteiger partial charge in [-0.15, -0.1) is 0 Å². The summed E-state index contributed by atoms with van der Waals surface area (Å²) in [4.78, 5) is 2.38. The van der Waals surface area contributed by atoms with Crippen LogP contribution in [0.25, 0.3) is 65.7 Å². The van der Waals surface area contributed by atoms with Crippen molar-refractivity contribution >= 4 is 60.5 Å². The molecule has 9 rings (SSSR count). The van der Waals surface area contributed by atoms with Crippen molar-refractivity contribution in [3.63, 3.8) is 0 Å². The van der Waals surface area contributed by atoms with Gasteiger partial charge in [-0.05, 0) is 86.8 Å². The van der Waals surface area contributed by atoms with Crippen LogP contribution in [0.1, 0.15) is 0 Å². The highest BCUT2D eigenvalue weighted by Crippen LogP contribution is 2.44. The van der Waals surface area contributed by atoms with Crippen molar-refractivity contribution in [2.75, 3.05) is 4.90 Å². The Labute approximate surface area is 267 Å². The van der Waals surface area contributed by atoms with Gasteiger partial charge < -0.3 is 9.32 Å². The molecule has 0 bridgehead atoms. The highest BCUT2D eigenvalue weighted by molar-refractivity contribution is 6.07. The molecule has 0 aliphatic heterocycles. The number of nitrogens with zero attached hydrogens (tertiary/aromatic N) is 1. The van der Waals surface area contributed by atoms with Gasteiger partial charge in [0.2, 0.25) is 0 Å². The monoisotopic (exact) mass is 587 g/mol. The largest absolute Gasteiger partial charge is 0.456 e. The average Bonchev–Trinajstić information content (AvgIpc) is 3.50. The second-order valence-corrected chi connectivity index (χ2v) is 11.8. The normalized spacial score (nSPS) is 11.5. The van der Waals surface area contributed by atoms with E-state index in [2.05, 4.69) is 169 Å². The van der Waals surface area contributed by atoms with Gasteiger partial charge in [0.25, 0.3) is 0 Å². The highest BCUT2D eigenvalue weighted by Gasteiger charge is 2.19. The summed E-state index contributed by atoms with van der Waals surface area (Å²) in [6.45, 7) is 0. The first kappa shape index (κ1) is 26.3. The molecule has 0 amide bonds. The van der Waals surface area contributed by atoms with Gasteiger partial charge in [-0.3, -0.25) is 0 Å². The Morgan fingerprint density at radius 1 is 0.348 bits per heavy atom. The van der Waals surface area contributed by atoms with Crippen LogP contribution in [0.3, 0.4) is 0 Å². The number of benzene rings is 8. The minimum Gasteiger partial charge on any atom is -0.456 e. The van der Waals surface area contributed by atoms with Crippen molar-refractivity contribution < 1.29 is 4.42 Å². The maximum atomic E-state index is 6.21. The van der Waals surface area contributed by atoms with Crippen LogP contribution in [-0.4, -0.2) is 0 Å². The van der Waals surface area contributed by atoms with Crippen molar-refractivity contribution in [3.8, 4) is 22.3 Å². The Morgan fingerprint density at radius 3 is 1.98 bits per heavy atom. The van der Waals surface area contributed by atoms with Crippen molar-refractivity contribution in [1.82, 2.24) is 0 Å². The van der Waals surface area contributed by atoms with Crippen LogP contribution in [0.15, 0.2) is 180 Å². The Balaban J connectivity index is 1.25. The average molecular weight is 588 g/mol. The predicted molar refractivity (Wildman–Crippen MR) is 194 cm³/mol. The van der Waals surface area contributed by atoms with Crippen LogP contribution < -0.4 is 4.90 Å². The van der Waals surface area contributed by atoms with Gasteiger partial charge in [0.1, 0.15) is 11.2 Å². The van der Waals surface area contributed by atoms with Crippen molar-refractivity contribution in [2.45, 2.75) is 0 Å². The second kappa shape index (κ2) is 10.8. The van der Waals surface area contributed by atoms with Crippen LogP contribution in [0.4, 0.5) is 17.1 Å². The molecule has 0 N–H and O–H groups in total. The molecule has 0 unspecified atom stereocenters. The maximum Gasteiger partial charge on any atom is 0.135 e. The zero-order valence-corrected chi connectivity index (χ0v) is 25.1. The highest BCUT2D eigenvalue weighted by atomic mass is 16.3. The number of para-hydroxylation sites is 2. The lowest BCUT2D eigenvalue weighted by Gasteiger charge is -2.28. The fourth-order valence-corrected chi connectivity index (χ4v) is 6.83. The third-order valence-corrected chi connectivity index (χ3v) is 9.03. The molecule has 0 fully saturated rings. The molecule has 0 radical (unpaired) electrons. The molecular weight excluding hydrogens is 558 g/mol. The number of rotatable bonds is 5. The molecule has 0 aliphatic rings. The summed E-state index contributed by atoms with van der Waals surface area (Å²) in [6, 6.07) is 62.9. The number of fused-ring (bicyclic) bond motifs is 5.